The van der Waals surface area contributed by atoms with Crippen molar-refractivity contribution < 1.29 is 18.3 Å². The minimum atomic E-state index is -2.50. The average molecular weight is 561 g/mol. The van der Waals surface area contributed by atoms with Crippen molar-refractivity contribution in [3.8, 4) is 10.4 Å². The standard InChI is InChI=1S/C28H33ClN2O4S2/c1-19(2)30-18-27(21-9-7-6-8-10-21)17-28(27,25(32)35-26(3,4)5)31(37(33)34)24-16-15-23(36-24)20-11-13-22(29)14-12-20/h6-16,19,30H,17-18H2,1-5H3,(H,33,34). The molecule has 1 aliphatic rings. The smallest absolute Gasteiger partial charge is 0.334 e. The van der Waals surface area contributed by atoms with Crippen molar-refractivity contribution in [1.82, 2.24) is 5.32 Å². The number of carbonyl (C=O) groups is 1. The van der Waals surface area contributed by atoms with Crippen LogP contribution in [-0.4, -0.2) is 38.5 Å². The van der Waals surface area contributed by atoms with Crippen LogP contribution in [0.3, 0.4) is 0 Å². The summed E-state index contributed by atoms with van der Waals surface area (Å²) < 4.78 is 31.1. The molecule has 1 fully saturated rings. The van der Waals surface area contributed by atoms with Crippen LogP contribution < -0.4 is 9.62 Å². The number of esters is 1. The zero-order valence-electron chi connectivity index (χ0n) is 21.7. The Kier molecular flexibility index (Phi) is 7.89. The van der Waals surface area contributed by atoms with Crippen LogP contribution in [0.4, 0.5) is 5.00 Å². The zero-order chi connectivity index (χ0) is 27.0. The summed E-state index contributed by atoms with van der Waals surface area (Å²) in [6.45, 7) is 9.94. The highest BCUT2D eigenvalue weighted by atomic mass is 35.5. The molecule has 0 spiro atoms. The lowest BCUT2D eigenvalue weighted by atomic mass is 9.89. The van der Waals surface area contributed by atoms with Gasteiger partial charge in [0.05, 0.1) is 0 Å². The number of nitrogens with zero attached hydrogens (tertiary/aromatic N) is 1. The van der Waals surface area contributed by atoms with Gasteiger partial charge in [-0.25, -0.2) is 13.3 Å². The summed E-state index contributed by atoms with van der Waals surface area (Å²) in [6, 6.07) is 21.0. The van der Waals surface area contributed by atoms with E-state index in [1.807, 2.05) is 83.1 Å². The minimum Gasteiger partial charge on any atom is -0.458 e. The zero-order valence-corrected chi connectivity index (χ0v) is 24.0. The molecule has 2 N–H and O–H groups in total. The molecule has 37 heavy (non-hydrogen) atoms. The van der Waals surface area contributed by atoms with E-state index < -0.39 is 33.8 Å². The predicted octanol–water partition coefficient (Wildman–Crippen LogP) is 6.43. The van der Waals surface area contributed by atoms with Gasteiger partial charge in [-0.15, -0.1) is 11.3 Å². The molecule has 3 aromatic rings. The largest absolute Gasteiger partial charge is 0.458 e. The Bertz CT molecular complexity index is 1270. The van der Waals surface area contributed by atoms with E-state index in [1.54, 1.807) is 18.2 Å². The van der Waals surface area contributed by atoms with Crippen LogP contribution in [0.25, 0.3) is 10.4 Å². The van der Waals surface area contributed by atoms with Gasteiger partial charge in [-0.3, -0.25) is 4.55 Å². The summed E-state index contributed by atoms with van der Waals surface area (Å²) >= 11 is 4.91. The van der Waals surface area contributed by atoms with Crippen molar-refractivity contribution in [3.63, 3.8) is 0 Å². The first kappa shape index (κ1) is 27.8. The van der Waals surface area contributed by atoms with Crippen LogP contribution in [0.5, 0.6) is 0 Å². The third-order valence-corrected chi connectivity index (χ3v) is 8.83. The van der Waals surface area contributed by atoms with Gasteiger partial charge in [0.15, 0.2) is 5.54 Å². The van der Waals surface area contributed by atoms with Crippen molar-refractivity contribution >= 4 is 45.2 Å². The quantitative estimate of drug-likeness (QED) is 0.233. The van der Waals surface area contributed by atoms with Crippen LogP contribution in [0, 0.1) is 0 Å². The van der Waals surface area contributed by atoms with Gasteiger partial charge in [-0.2, -0.15) is 0 Å². The Hall–Kier alpha value is -2.23. The Morgan fingerprint density at radius 3 is 2.35 bits per heavy atom. The summed E-state index contributed by atoms with van der Waals surface area (Å²) in [5.41, 5.74) is -1.08. The molecule has 6 nitrogen and oxygen atoms in total. The number of hydrogen-bond acceptors (Lipinski definition) is 5. The molecule has 2 aromatic carbocycles. The van der Waals surface area contributed by atoms with E-state index in [1.165, 1.54) is 15.6 Å². The van der Waals surface area contributed by atoms with E-state index in [0.717, 1.165) is 16.0 Å². The normalized spacial score (nSPS) is 22.1. The second-order valence-electron chi connectivity index (χ2n) is 10.7. The number of carbonyl (C=O) groups excluding carboxylic acids is 1. The Labute approximate surface area is 230 Å². The third kappa shape index (κ3) is 5.49. The van der Waals surface area contributed by atoms with Gasteiger partial charge in [0.2, 0.25) is 0 Å². The first-order valence-electron chi connectivity index (χ1n) is 12.2. The maximum absolute atomic E-state index is 14.1. The molecular formula is C28H33ClN2O4S2. The van der Waals surface area contributed by atoms with Crippen LogP contribution in [-0.2, 0) is 26.2 Å². The summed E-state index contributed by atoms with van der Waals surface area (Å²) in [7, 11) is 0. The molecule has 1 aromatic heterocycles. The molecule has 9 heteroatoms. The molecule has 0 amide bonds. The summed E-state index contributed by atoms with van der Waals surface area (Å²) in [5.74, 6) is -0.516. The molecule has 1 saturated carbocycles. The fourth-order valence-corrected chi connectivity index (χ4v) is 6.98. The summed E-state index contributed by atoms with van der Waals surface area (Å²) in [4.78, 5) is 15.0. The number of anilines is 1. The second kappa shape index (κ2) is 10.5. The Morgan fingerprint density at radius 1 is 1.14 bits per heavy atom. The SMILES string of the molecule is CC(C)NCC1(c2ccccc2)CC1(C(=O)OC(C)(C)C)N(c1ccc(-c2ccc(Cl)cc2)s1)S(=O)O. The lowest BCUT2D eigenvalue weighted by Crippen LogP contribution is -2.54. The number of thiophene rings is 1. The van der Waals surface area contributed by atoms with E-state index in [2.05, 4.69) is 5.32 Å². The van der Waals surface area contributed by atoms with Crippen LogP contribution in [0.15, 0.2) is 66.7 Å². The fourth-order valence-electron chi connectivity index (χ4n) is 4.76. The molecule has 1 aliphatic carbocycles. The second-order valence-corrected chi connectivity index (χ2v) is 13.0. The lowest BCUT2D eigenvalue weighted by molar-refractivity contribution is -0.158. The number of ether oxygens (including phenoxy) is 1. The first-order chi connectivity index (χ1) is 17.4. The number of rotatable bonds is 9. The highest BCUT2D eigenvalue weighted by molar-refractivity contribution is 7.81. The van der Waals surface area contributed by atoms with Gasteiger partial charge in [0.25, 0.3) is 11.3 Å². The molecule has 0 radical (unpaired) electrons. The van der Waals surface area contributed by atoms with E-state index in [-0.39, 0.29) is 6.04 Å². The van der Waals surface area contributed by atoms with Gasteiger partial charge in [0, 0.05) is 27.9 Å². The molecule has 0 aliphatic heterocycles. The van der Waals surface area contributed by atoms with Crippen molar-refractivity contribution in [2.45, 2.75) is 63.6 Å². The van der Waals surface area contributed by atoms with Gasteiger partial charge >= 0.3 is 5.97 Å². The van der Waals surface area contributed by atoms with Gasteiger partial charge in [-0.1, -0.05) is 67.9 Å². The number of halogens is 1. The van der Waals surface area contributed by atoms with E-state index >= 15 is 0 Å². The maximum atomic E-state index is 14.1. The molecule has 198 valence electrons. The number of benzene rings is 2. The summed E-state index contributed by atoms with van der Waals surface area (Å²) in [6.07, 6.45) is 0.332. The van der Waals surface area contributed by atoms with E-state index in [0.29, 0.717) is 23.0 Å². The molecule has 3 atom stereocenters. The average Bonchev–Trinajstić information content (AvgIpc) is 3.27. The highest BCUT2D eigenvalue weighted by Gasteiger charge is 2.78. The van der Waals surface area contributed by atoms with Crippen molar-refractivity contribution in [3.05, 3.63) is 77.3 Å². The Balaban J connectivity index is 1.86. The van der Waals surface area contributed by atoms with E-state index in [9.17, 15) is 13.6 Å². The highest BCUT2D eigenvalue weighted by Crippen LogP contribution is 2.63. The van der Waals surface area contributed by atoms with Crippen molar-refractivity contribution in [1.29, 1.82) is 0 Å². The van der Waals surface area contributed by atoms with E-state index in [4.69, 9.17) is 16.3 Å². The number of hydrogen-bond donors (Lipinski definition) is 2. The molecule has 0 saturated heterocycles. The maximum Gasteiger partial charge on any atom is 0.334 e. The van der Waals surface area contributed by atoms with Crippen molar-refractivity contribution in [2.75, 3.05) is 10.8 Å². The topological polar surface area (TPSA) is 78.9 Å². The predicted molar refractivity (Wildman–Crippen MR) is 152 cm³/mol. The van der Waals surface area contributed by atoms with Gasteiger partial charge in [0.1, 0.15) is 10.6 Å². The fraction of sp³-hybridized carbons (Fsp3) is 0.393. The molecule has 4 rings (SSSR count). The molecule has 3 unspecified atom stereocenters. The van der Waals surface area contributed by atoms with Gasteiger partial charge in [-0.05, 0) is 62.6 Å². The molecular weight excluding hydrogens is 528 g/mol. The monoisotopic (exact) mass is 560 g/mol. The lowest BCUT2D eigenvalue weighted by Gasteiger charge is -2.35. The molecule has 1 heterocycles. The van der Waals surface area contributed by atoms with Crippen LogP contribution in [0.1, 0.15) is 46.6 Å². The number of nitrogens with one attached hydrogen (secondary N) is 1. The third-order valence-electron chi connectivity index (χ3n) is 6.52. The van der Waals surface area contributed by atoms with Crippen LogP contribution >= 0.6 is 22.9 Å². The van der Waals surface area contributed by atoms with Crippen molar-refractivity contribution in [2.24, 2.45) is 0 Å². The minimum absolute atomic E-state index is 0.156. The Morgan fingerprint density at radius 2 is 1.78 bits per heavy atom. The first-order valence-corrected chi connectivity index (χ1v) is 14.4. The van der Waals surface area contributed by atoms with Gasteiger partial charge < -0.3 is 10.1 Å². The van der Waals surface area contributed by atoms with Crippen LogP contribution in [0.2, 0.25) is 5.02 Å². The summed E-state index contributed by atoms with van der Waals surface area (Å²) in [5, 5.41) is 4.62. The molecule has 0 bridgehead atoms.